The molecular formula is C12H22N4O2S. The second-order valence-electron chi connectivity index (χ2n) is 5.03. The summed E-state index contributed by atoms with van der Waals surface area (Å²) in [6.45, 7) is 3.77. The number of H-pyrrole nitrogens is 1. The maximum absolute atomic E-state index is 12.2. The Morgan fingerprint density at radius 3 is 2.79 bits per heavy atom. The van der Waals surface area contributed by atoms with Crippen molar-refractivity contribution < 1.29 is 8.42 Å². The van der Waals surface area contributed by atoms with Crippen molar-refractivity contribution in [3.05, 3.63) is 18.2 Å². The second kappa shape index (κ2) is 6.49. The molecule has 1 saturated heterocycles. The van der Waals surface area contributed by atoms with Crippen molar-refractivity contribution in [3.8, 4) is 0 Å². The fraction of sp³-hybridized carbons (Fsp3) is 0.750. The molecule has 0 amide bonds. The Morgan fingerprint density at radius 1 is 1.47 bits per heavy atom. The van der Waals surface area contributed by atoms with E-state index in [0.717, 1.165) is 25.9 Å². The minimum Gasteiger partial charge on any atom is -0.347 e. The van der Waals surface area contributed by atoms with E-state index in [1.807, 2.05) is 6.92 Å². The van der Waals surface area contributed by atoms with Crippen molar-refractivity contribution in [1.29, 1.82) is 0 Å². The van der Waals surface area contributed by atoms with Crippen molar-refractivity contribution in [3.63, 3.8) is 0 Å². The van der Waals surface area contributed by atoms with E-state index >= 15 is 0 Å². The van der Waals surface area contributed by atoms with Crippen molar-refractivity contribution in [2.24, 2.45) is 5.92 Å². The van der Waals surface area contributed by atoms with Crippen LogP contribution in [0.3, 0.4) is 0 Å². The van der Waals surface area contributed by atoms with Gasteiger partial charge >= 0.3 is 0 Å². The van der Waals surface area contributed by atoms with Crippen LogP contribution in [0.1, 0.15) is 38.1 Å². The van der Waals surface area contributed by atoms with Gasteiger partial charge in [0.1, 0.15) is 5.82 Å². The van der Waals surface area contributed by atoms with Crippen molar-refractivity contribution >= 4 is 10.0 Å². The summed E-state index contributed by atoms with van der Waals surface area (Å²) in [6, 6.07) is -0.262. The lowest BCUT2D eigenvalue weighted by atomic mass is 10.0. The van der Waals surface area contributed by atoms with Crippen molar-refractivity contribution in [2.45, 2.75) is 32.2 Å². The Bertz CT molecular complexity index is 466. The fourth-order valence-corrected chi connectivity index (χ4v) is 4.19. The Morgan fingerprint density at radius 2 is 2.21 bits per heavy atom. The molecule has 1 aliphatic heterocycles. The number of hydrogen-bond acceptors (Lipinski definition) is 4. The Hall–Kier alpha value is -0.920. The van der Waals surface area contributed by atoms with Crippen LogP contribution in [0, 0.1) is 5.92 Å². The summed E-state index contributed by atoms with van der Waals surface area (Å²) in [4.78, 5) is 7.09. The minimum atomic E-state index is -3.26. The van der Waals surface area contributed by atoms with Crippen LogP contribution in [0.15, 0.2) is 12.4 Å². The third kappa shape index (κ3) is 4.29. The number of nitrogens with zero attached hydrogens (tertiary/aromatic N) is 1. The largest absolute Gasteiger partial charge is 0.347 e. The first-order valence-corrected chi connectivity index (χ1v) is 8.46. The molecule has 1 aliphatic rings. The van der Waals surface area contributed by atoms with E-state index in [4.69, 9.17) is 0 Å². The molecule has 1 aromatic rings. The second-order valence-corrected chi connectivity index (χ2v) is 6.83. The molecule has 0 aromatic carbocycles. The van der Waals surface area contributed by atoms with E-state index in [1.54, 1.807) is 12.4 Å². The van der Waals surface area contributed by atoms with Crippen LogP contribution in [-0.2, 0) is 10.0 Å². The molecule has 0 aliphatic carbocycles. The first-order valence-electron chi connectivity index (χ1n) is 6.80. The lowest BCUT2D eigenvalue weighted by Gasteiger charge is -2.23. The summed E-state index contributed by atoms with van der Waals surface area (Å²) < 4.78 is 27.1. The van der Waals surface area contributed by atoms with Gasteiger partial charge in [0.15, 0.2) is 0 Å². The SMILES string of the molecule is CCC(NS(=O)(=O)CC1CCNCC1)c1ncc[nH]1. The van der Waals surface area contributed by atoms with Crippen molar-refractivity contribution in [1.82, 2.24) is 20.0 Å². The van der Waals surface area contributed by atoms with Gasteiger partial charge in [0.2, 0.25) is 10.0 Å². The highest BCUT2D eigenvalue weighted by atomic mass is 32.2. The summed E-state index contributed by atoms with van der Waals surface area (Å²) in [5, 5.41) is 3.24. The number of imidazole rings is 1. The van der Waals surface area contributed by atoms with E-state index in [1.165, 1.54) is 0 Å². The molecule has 1 aromatic heterocycles. The zero-order valence-electron chi connectivity index (χ0n) is 11.2. The number of aromatic nitrogens is 2. The van der Waals surface area contributed by atoms with Crippen molar-refractivity contribution in [2.75, 3.05) is 18.8 Å². The van der Waals surface area contributed by atoms with Gasteiger partial charge in [0.05, 0.1) is 11.8 Å². The molecule has 0 spiro atoms. The smallest absolute Gasteiger partial charge is 0.212 e. The molecule has 108 valence electrons. The molecule has 1 fully saturated rings. The molecule has 3 N–H and O–H groups in total. The van der Waals surface area contributed by atoms with Crippen LogP contribution >= 0.6 is 0 Å². The van der Waals surface area contributed by atoms with E-state index in [2.05, 4.69) is 20.0 Å². The van der Waals surface area contributed by atoms with Gasteiger partial charge in [-0.25, -0.2) is 18.1 Å². The number of sulfonamides is 1. The van der Waals surface area contributed by atoms with Crippen LogP contribution < -0.4 is 10.0 Å². The molecular weight excluding hydrogens is 264 g/mol. The zero-order chi connectivity index (χ0) is 13.7. The predicted octanol–water partition coefficient (Wildman–Crippen LogP) is 0.780. The van der Waals surface area contributed by atoms with Gasteiger partial charge in [-0.1, -0.05) is 6.92 Å². The average molecular weight is 286 g/mol. The Kier molecular flexibility index (Phi) is 4.95. The molecule has 1 atom stereocenters. The first-order chi connectivity index (χ1) is 9.11. The molecule has 1 unspecified atom stereocenters. The highest BCUT2D eigenvalue weighted by Crippen LogP contribution is 2.17. The normalized spacial score (nSPS) is 19.4. The average Bonchev–Trinajstić information content (AvgIpc) is 2.90. The molecule has 0 bridgehead atoms. The van der Waals surface area contributed by atoms with E-state index in [0.29, 0.717) is 12.2 Å². The lowest BCUT2D eigenvalue weighted by Crippen LogP contribution is -2.37. The van der Waals surface area contributed by atoms with Gasteiger partial charge in [-0.3, -0.25) is 0 Å². The van der Waals surface area contributed by atoms with Crippen LogP contribution in [0.2, 0.25) is 0 Å². The molecule has 0 radical (unpaired) electrons. The predicted molar refractivity (Wildman–Crippen MR) is 74.1 cm³/mol. The summed E-state index contributed by atoms with van der Waals surface area (Å²) in [7, 11) is -3.26. The topological polar surface area (TPSA) is 86.9 Å². The Balaban J connectivity index is 1.95. The standard InChI is InChI=1S/C12H22N4O2S/c1-2-11(12-14-7-8-15-12)16-19(17,18)9-10-3-5-13-6-4-10/h7-8,10-11,13,16H,2-6,9H2,1H3,(H,14,15). The maximum atomic E-state index is 12.2. The van der Waals surface area contributed by atoms with Gasteiger partial charge in [0, 0.05) is 12.4 Å². The lowest BCUT2D eigenvalue weighted by molar-refractivity contribution is 0.398. The van der Waals surface area contributed by atoms with E-state index in [-0.39, 0.29) is 17.7 Å². The highest BCUT2D eigenvalue weighted by molar-refractivity contribution is 7.89. The molecule has 6 nitrogen and oxygen atoms in total. The minimum absolute atomic E-state index is 0.214. The molecule has 7 heteroatoms. The van der Waals surface area contributed by atoms with E-state index in [9.17, 15) is 8.42 Å². The monoisotopic (exact) mass is 286 g/mol. The highest BCUT2D eigenvalue weighted by Gasteiger charge is 2.24. The number of nitrogens with one attached hydrogen (secondary N) is 3. The van der Waals surface area contributed by atoms with Gasteiger partial charge < -0.3 is 10.3 Å². The van der Waals surface area contributed by atoms with Crippen LogP contribution in [0.5, 0.6) is 0 Å². The third-order valence-electron chi connectivity index (χ3n) is 3.49. The van der Waals surface area contributed by atoms with Crippen LogP contribution in [-0.4, -0.2) is 37.2 Å². The number of piperidine rings is 1. The molecule has 2 rings (SSSR count). The molecule has 19 heavy (non-hydrogen) atoms. The summed E-state index contributed by atoms with van der Waals surface area (Å²) >= 11 is 0. The van der Waals surface area contributed by atoms with Gasteiger partial charge in [-0.15, -0.1) is 0 Å². The number of rotatable bonds is 6. The van der Waals surface area contributed by atoms with Crippen LogP contribution in [0.25, 0.3) is 0 Å². The fourth-order valence-electron chi connectivity index (χ4n) is 2.42. The Labute approximate surface area is 114 Å². The summed E-state index contributed by atoms with van der Waals surface area (Å²) in [6.07, 6.45) is 5.88. The zero-order valence-corrected chi connectivity index (χ0v) is 12.0. The molecule has 2 heterocycles. The van der Waals surface area contributed by atoms with Gasteiger partial charge in [-0.05, 0) is 38.3 Å². The quantitative estimate of drug-likeness (QED) is 0.721. The maximum Gasteiger partial charge on any atom is 0.212 e. The first kappa shape index (κ1) is 14.5. The number of hydrogen-bond donors (Lipinski definition) is 3. The summed E-state index contributed by atoms with van der Waals surface area (Å²) in [5.41, 5.74) is 0. The van der Waals surface area contributed by atoms with Gasteiger partial charge in [-0.2, -0.15) is 0 Å². The van der Waals surface area contributed by atoms with Gasteiger partial charge in [0.25, 0.3) is 0 Å². The molecule has 0 saturated carbocycles. The third-order valence-corrected chi connectivity index (χ3v) is 5.05. The van der Waals surface area contributed by atoms with E-state index < -0.39 is 10.0 Å². The van der Waals surface area contributed by atoms with Crippen LogP contribution in [0.4, 0.5) is 0 Å². The summed E-state index contributed by atoms with van der Waals surface area (Å²) in [5.74, 6) is 1.15. The number of aromatic amines is 1.